The molecule has 0 aliphatic rings. The monoisotopic (exact) mass is 336 g/mol. The third-order valence-corrected chi connectivity index (χ3v) is 3.37. The molecular formula is C17H28N4O3. The van der Waals surface area contributed by atoms with Gasteiger partial charge >= 0.3 is 0 Å². The number of carbonyl (C=O) groups excluding carboxylic acids is 1. The number of carbonyl (C=O) groups is 1. The Morgan fingerprint density at radius 1 is 1.21 bits per heavy atom. The molecule has 134 valence electrons. The summed E-state index contributed by atoms with van der Waals surface area (Å²) in [6, 6.07) is 7.40. The Bertz CT molecular complexity index is 541. The minimum atomic E-state index is -0.679. The summed E-state index contributed by atoms with van der Waals surface area (Å²) in [6.45, 7) is 7.62. The molecule has 0 heterocycles. The summed E-state index contributed by atoms with van der Waals surface area (Å²) in [5.41, 5.74) is 4.68. The topological polar surface area (TPSA) is 98.0 Å². The number of nitrogens with one attached hydrogen (secondary N) is 2. The zero-order valence-corrected chi connectivity index (χ0v) is 14.9. The Morgan fingerprint density at radius 2 is 1.83 bits per heavy atom. The zero-order valence-electron chi connectivity index (χ0n) is 14.9. The maximum absolute atomic E-state index is 11.3. The van der Waals surface area contributed by atoms with Crippen molar-refractivity contribution in [1.82, 2.24) is 10.6 Å². The van der Waals surface area contributed by atoms with Crippen molar-refractivity contribution < 1.29 is 14.3 Å². The first kappa shape index (κ1) is 19.6. The molecule has 7 nitrogen and oxygen atoms in total. The summed E-state index contributed by atoms with van der Waals surface area (Å²) in [4.78, 5) is 15.7. The van der Waals surface area contributed by atoms with E-state index in [2.05, 4.69) is 15.6 Å². The lowest BCUT2D eigenvalue weighted by molar-refractivity contribution is -0.125. The van der Waals surface area contributed by atoms with Gasteiger partial charge in [0.25, 0.3) is 0 Å². The summed E-state index contributed by atoms with van der Waals surface area (Å²) in [5, 5.41) is 6.28. The van der Waals surface area contributed by atoms with Crippen LogP contribution in [0.4, 0.5) is 0 Å². The number of primary amides is 1. The maximum atomic E-state index is 11.3. The van der Waals surface area contributed by atoms with E-state index in [1.807, 2.05) is 31.2 Å². The van der Waals surface area contributed by atoms with Crippen molar-refractivity contribution in [2.45, 2.75) is 20.8 Å². The van der Waals surface area contributed by atoms with Gasteiger partial charge in [-0.2, -0.15) is 0 Å². The molecule has 0 unspecified atom stereocenters. The average Bonchev–Trinajstić information content (AvgIpc) is 2.56. The molecule has 0 radical (unpaired) electrons. The molecule has 0 saturated heterocycles. The highest BCUT2D eigenvalue weighted by Gasteiger charge is 2.24. The van der Waals surface area contributed by atoms with Gasteiger partial charge in [0, 0.05) is 6.54 Å². The highest BCUT2D eigenvalue weighted by atomic mass is 16.5. The molecule has 0 aromatic heterocycles. The van der Waals surface area contributed by atoms with E-state index in [4.69, 9.17) is 15.2 Å². The molecule has 1 rings (SSSR count). The van der Waals surface area contributed by atoms with Crippen molar-refractivity contribution in [3.05, 3.63) is 24.3 Å². The minimum Gasteiger partial charge on any atom is -0.497 e. The number of ether oxygens (including phenoxy) is 2. The van der Waals surface area contributed by atoms with E-state index in [0.717, 1.165) is 18.0 Å². The summed E-state index contributed by atoms with van der Waals surface area (Å²) in [5.74, 6) is 1.82. The van der Waals surface area contributed by atoms with E-state index in [-0.39, 0.29) is 5.91 Å². The molecule has 1 aromatic rings. The predicted molar refractivity (Wildman–Crippen MR) is 95.4 cm³/mol. The Kier molecular flexibility index (Phi) is 7.88. The Hall–Kier alpha value is -2.44. The van der Waals surface area contributed by atoms with Gasteiger partial charge in [-0.1, -0.05) is 0 Å². The van der Waals surface area contributed by atoms with Gasteiger partial charge in [0.1, 0.15) is 18.1 Å². The number of benzene rings is 1. The lowest BCUT2D eigenvalue weighted by Crippen LogP contribution is -2.41. The van der Waals surface area contributed by atoms with Crippen LogP contribution in [0.15, 0.2) is 29.3 Å². The average molecular weight is 336 g/mol. The molecule has 0 fully saturated rings. The van der Waals surface area contributed by atoms with Crippen molar-refractivity contribution in [3.63, 3.8) is 0 Å². The molecule has 24 heavy (non-hydrogen) atoms. The van der Waals surface area contributed by atoms with Gasteiger partial charge in [0.2, 0.25) is 5.91 Å². The van der Waals surface area contributed by atoms with E-state index >= 15 is 0 Å². The van der Waals surface area contributed by atoms with Crippen LogP contribution in [0, 0.1) is 5.41 Å². The highest BCUT2D eigenvalue weighted by molar-refractivity contribution is 5.82. The summed E-state index contributed by atoms with van der Waals surface area (Å²) in [6.07, 6.45) is 0. The number of guanidine groups is 1. The van der Waals surface area contributed by atoms with Gasteiger partial charge in [-0.25, -0.2) is 0 Å². The van der Waals surface area contributed by atoms with Crippen LogP contribution in [-0.4, -0.2) is 45.2 Å². The second-order valence-corrected chi connectivity index (χ2v) is 5.89. The van der Waals surface area contributed by atoms with Crippen LogP contribution in [0.3, 0.4) is 0 Å². The summed E-state index contributed by atoms with van der Waals surface area (Å²) in [7, 11) is 1.63. The minimum absolute atomic E-state index is 0.316. The maximum Gasteiger partial charge on any atom is 0.224 e. The second-order valence-electron chi connectivity index (χ2n) is 5.89. The number of nitrogens with zero attached hydrogens (tertiary/aromatic N) is 1. The quantitative estimate of drug-likeness (QED) is 0.357. The van der Waals surface area contributed by atoms with E-state index in [1.54, 1.807) is 21.0 Å². The molecule has 0 spiro atoms. The zero-order chi connectivity index (χ0) is 18.0. The van der Waals surface area contributed by atoms with Crippen molar-refractivity contribution in [2.75, 3.05) is 33.4 Å². The molecule has 4 N–H and O–H groups in total. The third kappa shape index (κ3) is 6.76. The number of hydrogen-bond donors (Lipinski definition) is 3. The fourth-order valence-corrected chi connectivity index (χ4v) is 1.71. The van der Waals surface area contributed by atoms with Gasteiger partial charge in [-0.05, 0) is 45.0 Å². The number of aliphatic imine (C=N–C) groups is 1. The number of amides is 1. The lowest BCUT2D eigenvalue weighted by atomic mass is 9.93. The Labute approximate surface area is 143 Å². The van der Waals surface area contributed by atoms with Crippen LogP contribution in [0.1, 0.15) is 20.8 Å². The highest BCUT2D eigenvalue weighted by Crippen LogP contribution is 2.16. The van der Waals surface area contributed by atoms with Gasteiger partial charge in [-0.15, -0.1) is 0 Å². The Balaban J connectivity index is 2.44. The summed E-state index contributed by atoms with van der Waals surface area (Å²) < 4.78 is 10.7. The van der Waals surface area contributed by atoms with Crippen LogP contribution in [0.25, 0.3) is 0 Å². The molecule has 0 bridgehead atoms. The number of hydrogen-bond acceptors (Lipinski definition) is 4. The molecule has 0 aliphatic heterocycles. The number of nitrogens with two attached hydrogens (primary N) is 1. The van der Waals surface area contributed by atoms with Gasteiger partial charge in [0.15, 0.2) is 5.96 Å². The molecule has 1 amide bonds. The van der Waals surface area contributed by atoms with Crippen LogP contribution in [0.5, 0.6) is 11.5 Å². The number of rotatable bonds is 9. The van der Waals surface area contributed by atoms with E-state index in [9.17, 15) is 4.79 Å². The normalized spacial score (nSPS) is 11.8. The molecule has 0 aliphatic carbocycles. The van der Waals surface area contributed by atoms with Crippen LogP contribution >= 0.6 is 0 Å². The third-order valence-electron chi connectivity index (χ3n) is 3.37. The molecule has 0 atom stereocenters. The summed E-state index contributed by atoms with van der Waals surface area (Å²) >= 11 is 0. The van der Waals surface area contributed by atoms with Crippen LogP contribution in [-0.2, 0) is 4.79 Å². The molecule has 7 heteroatoms. The second kappa shape index (κ2) is 9.64. The van der Waals surface area contributed by atoms with Gasteiger partial charge < -0.3 is 25.8 Å². The SMILES string of the molecule is CCNC(=NCC(C)(C)C(N)=O)NCCOc1ccc(OC)cc1. The van der Waals surface area contributed by atoms with E-state index < -0.39 is 5.41 Å². The lowest BCUT2D eigenvalue weighted by Gasteiger charge is -2.19. The molecule has 1 aromatic carbocycles. The first-order valence-corrected chi connectivity index (χ1v) is 7.98. The largest absolute Gasteiger partial charge is 0.497 e. The van der Waals surface area contributed by atoms with Crippen LogP contribution < -0.4 is 25.8 Å². The van der Waals surface area contributed by atoms with Crippen LogP contribution in [0.2, 0.25) is 0 Å². The fraction of sp³-hybridized carbons (Fsp3) is 0.529. The van der Waals surface area contributed by atoms with E-state index in [0.29, 0.717) is 25.7 Å². The molecular weight excluding hydrogens is 308 g/mol. The Morgan fingerprint density at radius 3 is 2.38 bits per heavy atom. The van der Waals surface area contributed by atoms with Crippen molar-refractivity contribution >= 4 is 11.9 Å². The van der Waals surface area contributed by atoms with Crippen molar-refractivity contribution in [2.24, 2.45) is 16.1 Å². The first-order chi connectivity index (χ1) is 11.4. The van der Waals surface area contributed by atoms with Gasteiger partial charge in [-0.3, -0.25) is 9.79 Å². The van der Waals surface area contributed by atoms with E-state index in [1.165, 1.54) is 0 Å². The van der Waals surface area contributed by atoms with Crippen molar-refractivity contribution in [3.8, 4) is 11.5 Å². The standard InChI is InChI=1S/C17H28N4O3/c1-5-19-16(21-12-17(2,3)15(18)22)20-10-11-24-14-8-6-13(23-4)7-9-14/h6-9H,5,10-12H2,1-4H3,(H2,18,22)(H2,19,20,21). The first-order valence-electron chi connectivity index (χ1n) is 7.98. The predicted octanol–water partition coefficient (Wildman–Crippen LogP) is 1.14. The smallest absolute Gasteiger partial charge is 0.224 e. The number of methoxy groups -OCH3 is 1. The molecule has 0 saturated carbocycles. The van der Waals surface area contributed by atoms with Gasteiger partial charge in [0.05, 0.1) is 25.6 Å². The van der Waals surface area contributed by atoms with Crippen molar-refractivity contribution in [1.29, 1.82) is 0 Å². The fourth-order valence-electron chi connectivity index (χ4n) is 1.71.